The summed E-state index contributed by atoms with van der Waals surface area (Å²) in [4.78, 5) is 16.0. The lowest BCUT2D eigenvalue weighted by Crippen LogP contribution is -2.16. The molecule has 3 nitrogen and oxygen atoms in total. The molecule has 2 rings (SSSR count). The molecule has 18 heavy (non-hydrogen) atoms. The van der Waals surface area contributed by atoms with Gasteiger partial charge in [0.15, 0.2) is 0 Å². The third-order valence-electron chi connectivity index (χ3n) is 2.24. The molecule has 0 radical (unpaired) electrons. The van der Waals surface area contributed by atoms with E-state index in [1.54, 1.807) is 31.3 Å². The maximum absolute atomic E-state index is 12.9. The van der Waals surface area contributed by atoms with Crippen molar-refractivity contribution in [2.24, 2.45) is 0 Å². The molecule has 0 bridgehead atoms. The zero-order chi connectivity index (χ0) is 13.0. The van der Waals surface area contributed by atoms with Crippen LogP contribution in [0.2, 0.25) is 0 Å². The van der Waals surface area contributed by atoms with Crippen molar-refractivity contribution in [3.63, 3.8) is 0 Å². The first-order valence-electron chi connectivity index (χ1n) is 5.30. The van der Waals surface area contributed by atoms with Crippen molar-refractivity contribution in [3.8, 4) is 0 Å². The zero-order valence-electron chi connectivity index (χ0n) is 9.68. The molecule has 0 aliphatic heterocycles. The number of hydrogen-bond donors (Lipinski definition) is 1. The molecule has 0 unspecified atom stereocenters. The summed E-state index contributed by atoms with van der Waals surface area (Å²) in [6, 6.07) is 6.27. The summed E-state index contributed by atoms with van der Waals surface area (Å²) in [6.45, 7) is 0. The van der Waals surface area contributed by atoms with E-state index in [0.717, 1.165) is 5.56 Å². The van der Waals surface area contributed by atoms with Gasteiger partial charge in [0.25, 0.3) is 5.91 Å². The molecule has 0 fully saturated rings. The van der Waals surface area contributed by atoms with Crippen LogP contribution >= 0.6 is 11.3 Å². The first-order chi connectivity index (χ1) is 8.69. The Morgan fingerprint density at radius 2 is 2.28 bits per heavy atom. The van der Waals surface area contributed by atoms with Gasteiger partial charge in [-0.15, -0.1) is 11.3 Å². The van der Waals surface area contributed by atoms with Gasteiger partial charge in [-0.3, -0.25) is 4.79 Å². The van der Waals surface area contributed by atoms with Gasteiger partial charge in [0.05, 0.1) is 6.20 Å². The predicted octanol–water partition coefficient (Wildman–Crippen LogP) is 2.81. The van der Waals surface area contributed by atoms with Crippen LogP contribution in [-0.4, -0.2) is 17.9 Å². The Bertz CT molecular complexity index is 592. The number of benzene rings is 1. The summed E-state index contributed by atoms with van der Waals surface area (Å²) in [7, 11) is 1.57. The van der Waals surface area contributed by atoms with Gasteiger partial charge in [-0.1, -0.05) is 18.2 Å². The van der Waals surface area contributed by atoms with E-state index in [2.05, 4.69) is 10.3 Å². The van der Waals surface area contributed by atoms with Crippen molar-refractivity contribution < 1.29 is 9.18 Å². The second-order valence-corrected chi connectivity index (χ2v) is 4.59. The third kappa shape index (κ3) is 3.01. The highest BCUT2D eigenvalue weighted by molar-refractivity contribution is 7.14. The molecule has 1 heterocycles. The number of thiazole rings is 1. The van der Waals surface area contributed by atoms with E-state index in [9.17, 15) is 9.18 Å². The Balaban J connectivity index is 2.14. The Kier molecular flexibility index (Phi) is 3.84. The van der Waals surface area contributed by atoms with Crippen LogP contribution in [-0.2, 0) is 0 Å². The highest BCUT2D eigenvalue weighted by atomic mass is 32.1. The first-order valence-corrected chi connectivity index (χ1v) is 6.12. The monoisotopic (exact) mass is 262 g/mol. The second-order valence-electron chi connectivity index (χ2n) is 3.53. The summed E-state index contributed by atoms with van der Waals surface area (Å²) >= 11 is 1.29. The van der Waals surface area contributed by atoms with Crippen LogP contribution in [0.15, 0.2) is 30.5 Å². The molecular formula is C13H11FN2OS. The van der Waals surface area contributed by atoms with Crippen molar-refractivity contribution >= 4 is 29.4 Å². The van der Waals surface area contributed by atoms with Crippen LogP contribution in [0, 0.1) is 5.82 Å². The fourth-order valence-electron chi connectivity index (χ4n) is 1.37. The van der Waals surface area contributed by atoms with Gasteiger partial charge >= 0.3 is 0 Å². The second kappa shape index (κ2) is 5.55. The van der Waals surface area contributed by atoms with Crippen LogP contribution in [0.5, 0.6) is 0 Å². The average Bonchev–Trinajstić information content (AvgIpc) is 2.84. The highest BCUT2D eigenvalue weighted by Crippen LogP contribution is 2.16. The van der Waals surface area contributed by atoms with Gasteiger partial charge in [0.2, 0.25) is 0 Å². The van der Waals surface area contributed by atoms with Crippen molar-refractivity contribution in [2.45, 2.75) is 0 Å². The molecule has 0 saturated heterocycles. The predicted molar refractivity (Wildman–Crippen MR) is 70.8 cm³/mol. The lowest BCUT2D eigenvalue weighted by Gasteiger charge is -1.92. The molecule has 0 aliphatic rings. The van der Waals surface area contributed by atoms with E-state index in [1.165, 1.54) is 29.7 Å². The number of rotatable bonds is 3. The highest BCUT2D eigenvalue weighted by Gasteiger charge is 2.06. The van der Waals surface area contributed by atoms with E-state index >= 15 is 0 Å². The molecule has 92 valence electrons. The molecule has 1 N–H and O–H groups in total. The number of carbonyl (C=O) groups is 1. The van der Waals surface area contributed by atoms with Gasteiger partial charge in [-0.2, -0.15) is 0 Å². The van der Waals surface area contributed by atoms with Crippen molar-refractivity contribution in [1.29, 1.82) is 0 Å². The van der Waals surface area contributed by atoms with Crippen molar-refractivity contribution in [1.82, 2.24) is 10.3 Å². The standard InChI is InChI=1S/C13H11FN2OS/c1-15-13(17)11-8-16-12(18-11)6-5-9-3-2-4-10(14)7-9/h2-8H,1H3,(H,15,17). The molecule has 0 spiro atoms. The van der Waals surface area contributed by atoms with E-state index in [1.807, 2.05) is 0 Å². The average molecular weight is 262 g/mol. The number of carbonyl (C=O) groups excluding carboxylic acids is 1. The summed E-state index contributed by atoms with van der Waals surface area (Å²) < 4.78 is 12.9. The molecular weight excluding hydrogens is 251 g/mol. The number of amides is 1. The van der Waals surface area contributed by atoms with Crippen molar-refractivity contribution in [2.75, 3.05) is 7.05 Å². The smallest absolute Gasteiger partial charge is 0.262 e. The summed E-state index contributed by atoms with van der Waals surface area (Å²) in [5.41, 5.74) is 0.756. The number of nitrogens with one attached hydrogen (secondary N) is 1. The lowest BCUT2D eigenvalue weighted by molar-refractivity contribution is 0.0967. The minimum absolute atomic E-state index is 0.155. The molecule has 0 aliphatic carbocycles. The molecule has 1 aromatic heterocycles. The van der Waals surface area contributed by atoms with Crippen LogP contribution < -0.4 is 5.32 Å². The number of halogens is 1. The number of hydrogen-bond acceptors (Lipinski definition) is 3. The van der Waals surface area contributed by atoms with Gasteiger partial charge in [0.1, 0.15) is 15.7 Å². The Morgan fingerprint density at radius 3 is 3.00 bits per heavy atom. The SMILES string of the molecule is CNC(=O)c1cnc(C=Cc2cccc(F)c2)s1. The molecule has 0 saturated carbocycles. The minimum Gasteiger partial charge on any atom is -0.354 e. The normalized spacial score (nSPS) is 10.8. The van der Waals surface area contributed by atoms with Gasteiger partial charge < -0.3 is 5.32 Å². The molecule has 5 heteroatoms. The number of aromatic nitrogens is 1. The molecule has 1 aromatic carbocycles. The van der Waals surface area contributed by atoms with Crippen LogP contribution in [0.1, 0.15) is 20.2 Å². The summed E-state index contributed by atoms with van der Waals surface area (Å²) in [5, 5.41) is 3.24. The number of nitrogens with zero attached hydrogens (tertiary/aromatic N) is 1. The molecule has 1 amide bonds. The van der Waals surface area contributed by atoms with Crippen LogP contribution in [0.25, 0.3) is 12.2 Å². The fourth-order valence-corrected chi connectivity index (χ4v) is 2.14. The minimum atomic E-state index is -0.276. The van der Waals surface area contributed by atoms with E-state index < -0.39 is 0 Å². The van der Waals surface area contributed by atoms with Gasteiger partial charge in [-0.25, -0.2) is 9.37 Å². The van der Waals surface area contributed by atoms with Gasteiger partial charge in [0, 0.05) is 7.05 Å². The van der Waals surface area contributed by atoms with Gasteiger partial charge in [-0.05, 0) is 23.8 Å². The molecule has 0 atom stereocenters. The Morgan fingerprint density at radius 1 is 1.44 bits per heavy atom. The summed E-state index contributed by atoms with van der Waals surface area (Å²) in [5.74, 6) is -0.430. The van der Waals surface area contributed by atoms with E-state index in [-0.39, 0.29) is 11.7 Å². The maximum Gasteiger partial charge on any atom is 0.262 e. The topological polar surface area (TPSA) is 42.0 Å². The molecule has 2 aromatic rings. The largest absolute Gasteiger partial charge is 0.354 e. The van der Waals surface area contributed by atoms with E-state index in [0.29, 0.717) is 9.88 Å². The Hall–Kier alpha value is -2.01. The third-order valence-corrected chi connectivity index (χ3v) is 3.20. The zero-order valence-corrected chi connectivity index (χ0v) is 10.5. The fraction of sp³-hybridized carbons (Fsp3) is 0.0769. The quantitative estimate of drug-likeness (QED) is 0.924. The Labute approximate surface area is 108 Å². The van der Waals surface area contributed by atoms with Crippen LogP contribution in [0.4, 0.5) is 4.39 Å². The first kappa shape index (κ1) is 12.4. The van der Waals surface area contributed by atoms with E-state index in [4.69, 9.17) is 0 Å². The lowest BCUT2D eigenvalue weighted by atomic mass is 10.2. The maximum atomic E-state index is 12.9. The summed E-state index contributed by atoms with van der Waals surface area (Å²) in [6.07, 6.45) is 5.04. The van der Waals surface area contributed by atoms with Crippen molar-refractivity contribution in [3.05, 3.63) is 51.7 Å². The van der Waals surface area contributed by atoms with Crippen LogP contribution in [0.3, 0.4) is 0 Å².